The lowest BCUT2D eigenvalue weighted by Gasteiger charge is -2.20. The Morgan fingerprint density at radius 2 is 1.87 bits per heavy atom. The second kappa shape index (κ2) is 4.86. The van der Waals surface area contributed by atoms with Crippen molar-refractivity contribution in [1.29, 1.82) is 0 Å². The highest BCUT2D eigenvalue weighted by Gasteiger charge is 2.40. The zero-order chi connectivity index (χ0) is 11.5. The molecule has 0 aliphatic carbocycles. The zero-order valence-corrected chi connectivity index (χ0v) is 8.52. The van der Waals surface area contributed by atoms with E-state index in [2.05, 4.69) is 0 Å². The summed E-state index contributed by atoms with van der Waals surface area (Å²) in [5.41, 5.74) is 0.0146. The molecule has 0 radical (unpaired) electrons. The maximum atomic E-state index is 12.6. The second-order valence-electron chi connectivity index (χ2n) is 3.13. The van der Waals surface area contributed by atoms with Gasteiger partial charge in [0.2, 0.25) is 0 Å². The summed E-state index contributed by atoms with van der Waals surface area (Å²) in [7, 11) is 0. The van der Waals surface area contributed by atoms with Crippen molar-refractivity contribution in [2.24, 2.45) is 0 Å². The summed E-state index contributed by atoms with van der Waals surface area (Å²) < 4.78 is 37.8. The Morgan fingerprint density at radius 3 is 2.33 bits per heavy atom. The number of halogens is 4. The first-order valence-electron chi connectivity index (χ1n) is 4.39. The number of rotatable bonds is 3. The summed E-state index contributed by atoms with van der Waals surface area (Å²) in [6.45, 7) is -0.518. The molecular formula is C10H10ClF3O. The summed E-state index contributed by atoms with van der Waals surface area (Å²) in [4.78, 5) is 0. The van der Waals surface area contributed by atoms with Crippen molar-refractivity contribution >= 4 is 11.6 Å². The van der Waals surface area contributed by atoms with Crippen LogP contribution in [-0.4, -0.2) is 17.9 Å². The molecule has 0 aliphatic rings. The van der Waals surface area contributed by atoms with E-state index in [1.807, 2.05) is 0 Å². The molecule has 1 nitrogen and oxygen atoms in total. The topological polar surface area (TPSA) is 20.2 Å². The summed E-state index contributed by atoms with van der Waals surface area (Å²) in [6, 6.07) is 5.80. The van der Waals surface area contributed by atoms with Crippen LogP contribution < -0.4 is 0 Å². The van der Waals surface area contributed by atoms with Gasteiger partial charge >= 0.3 is 6.18 Å². The summed E-state index contributed by atoms with van der Waals surface area (Å²) in [5.74, 6) is -1.70. The highest BCUT2D eigenvalue weighted by Crippen LogP contribution is 2.39. The standard InChI is InChI=1S/C10H10ClF3O/c11-9-4-2-1-3-7(9)8(5-6-15)10(12,13)14/h1-4,8,15H,5-6H2. The number of hydrogen-bond acceptors (Lipinski definition) is 1. The molecular weight excluding hydrogens is 229 g/mol. The summed E-state index contributed by atoms with van der Waals surface area (Å²) in [6.07, 6.45) is -4.75. The van der Waals surface area contributed by atoms with Crippen molar-refractivity contribution in [2.45, 2.75) is 18.5 Å². The van der Waals surface area contributed by atoms with Crippen LogP contribution in [0.3, 0.4) is 0 Å². The van der Waals surface area contributed by atoms with Gasteiger partial charge in [0.1, 0.15) is 0 Å². The second-order valence-corrected chi connectivity index (χ2v) is 3.54. The Hall–Kier alpha value is -0.740. The SMILES string of the molecule is OCCC(c1ccccc1Cl)C(F)(F)F. The fourth-order valence-corrected chi connectivity index (χ4v) is 1.65. The predicted octanol–water partition coefficient (Wildman–Crippen LogP) is 3.37. The van der Waals surface area contributed by atoms with Gasteiger partial charge in [0, 0.05) is 11.6 Å². The Balaban J connectivity index is 3.05. The van der Waals surface area contributed by atoms with Crippen molar-refractivity contribution in [3.63, 3.8) is 0 Å². The fraction of sp³-hybridized carbons (Fsp3) is 0.400. The quantitative estimate of drug-likeness (QED) is 0.856. The Bertz CT molecular complexity index is 325. The average Bonchev–Trinajstić information content (AvgIpc) is 2.14. The molecule has 1 unspecified atom stereocenters. The minimum Gasteiger partial charge on any atom is -0.396 e. The number of alkyl halides is 3. The highest BCUT2D eigenvalue weighted by atomic mass is 35.5. The first-order valence-corrected chi connectivity index (χ1v) is 4.76. The van der Waals surface area contributed by atoms with E-state index in [4.69, 9.17) is 16.7 Å². The van der Waals surface area contributed by atoms with Crippen molar-refractivity contribution in [3.05, 3.63) is 34.9 Å². The van der Waals surface area contributed by atoms with Gasteiger partial charge in [0.15, 0.2) is 0 Å². The van der Waals surface area contributed by atoms with Crippen LogP contribution in [0, 0.1) is 0 Å². The monoisotopic (exact) mass is 238 g/mol. The van der Waals surface area contributed by atoms with Gasteiger partial charge in [0.25, 0.3) is 0 Å². The normalized spacial score (nSPS) is 13.9. The first-order chi connectivity index (χ1) is 6.96. The molecule has 15 heavy (non-hydrogen) atoms. The molecule has 1 N–H and O–H groups in total. The lowest BCUT2D eigenvalue weighted by atomic mass is 9.95. The third kappa shape index (κ3) is 3.11. The first kappa shape index (κ1) is 12.3. The molecule has 0 aromatic heterocycles. The van der Waals surface area contributed by atoms with Crippen molar-refractivity contribution in [3.8, 4) is 0 Å². The Morgan fingerprint density at radius 1 is 1.27 bits per heavy atom. The molecule has 0 aliphatic heterocycles. The molecule has 1 atom stereocenters. The maximum Gasteiger partial charge on any atom is 0.395 e. The van der Waals surface area contributed by atoms with E-state index in [1.165, 1.54) is 18.2 Å². The van der Waals surface area contributed by atoms with E-state index in [1.54, 1.807) is 6.07 Å². The molecule has 84 valence electrons. The molecule has 1 rings (SSSR count). The van der Waals surface area contributed by atoms with E-state index >= 15 is 0 Å². The average molecular weight is 239 g/mol. The molecule has 0 spiro atoms. The lowest BCUT2D eigenvalue weighted by Crippen LogP contribution is -2.22. The van der Waals surface area contributed by atoms with E-state index in [0.717, 1.165) is 0 Å². The van der Waals surface area contributed by atoms with Crippen molar-refractivity contribution in [1.82, 2.24) is 0 Å². The van der Waals surface area contributed by atoms with E-state index < -0.39 is 18.7 Å². The van der Waals surface area contributed by atoms with Crippen LogP contribution >= 0.6 is 11.6 Å². The third-order valence-corrected chi connectivity index (χ3v) is 2.44. The molecule has 0 fully saturated rings. The Kier molecular flexibility index (Phi) is 3.99. The van der Waals surface area contributed by atoms with Gasteiger partial charge in [-0.3, -0.25) is 0 Å². The smallest absolute Gasteiger partial charge is 0.395 e. The molecule has 0 saturated carbocycles. The summed E-state index contributed by atoms with van der Waals surface area (Å²) >= 11 is 5.68. The van der Waals surface area contributed by atoms with E-state index in [0.29, 0.717) is 0 Å². The van der Waals surface area contributed by atoms with Gasteiger partial charge < -0.3 is 5.11 Å². The molecule has 5 heteroatoms. The van der Waals surface area contributed by atoms with Gasteiger partial charge in [0.05, 0.1) is 5.92 Å². The lowest BCUT2D eigenvalue weighted by molar-refractivity contribution is -0.153. The van der Waals surface area contributed by atoms with Gasteiger partial charge in [-0.1, -0.05) is 29.8 Å². The summed E-state index contributed by atoms with van der Waals surface area (Å²) in [5, 5.41) is 8.69. The predicted molar refractivity (Wildman–Crippen MR) is 52.0 cm³/mol. The minimum absolute atomic E-state index is 0.0146. The van der Waals surface area contributed by atoms with Crippen LogP contribution in [0.4, 0.5) is 13.2 Å². The number of hydrogen-bond donors (Lipinski definition) is 1. The van der Waals surface area contributed by atoms with Crippen molar-refractivity contribution in [2.75, 3.05) is 6.61 Å². The van der Waals surface area contributed by atoms with Gasteiger partial charge in [-0.2, -0.15) is 13.2 Å². The molecule has 0 bridgehead atoms. The molecule has 0 saturated heterocycles. The molecule has 0 heterocycles. The van der Waals surface area contributed by atoms with Crippen LogP contribution in [0.15, 0.2) is 24.3 Å². The number of aliphatic hydroxyl groups excluding tert-OH is 1. The highest BCUT2D eigenvalue weighted by molar-refractivity contribution is 6.31. The van der Waals surface area contributed by atoms with Crippen LogP contribution in [0.5, 0.6) is 0 Å². The van der Waals surface area contributed by atoms with Crippen LogP contribution in [-0.2, 0) is 0 Å². The molecule has 0 amide bonds. The van der Waals surface area contributed by atoms with Gasteiger partial charge in [-0.05, 0) is 18.1 Å². The maximum absolute atomic E-state index is 12.6. The van der Waals surface area contributed by atoms with Crippen molar-refractivity contribution < 1.29 is 18.3 Å². The van der Waals surface area contributed by atoms with Crippen LogP contribution in [0.2, 0.25) is 5.02 Å². The fourth-order valence-electron chi connectivity index (χ4n) is 1.38. The zero-order valence-electron chi connectivity index (χ0n) is 7.76. The number of aliphatic hydroxyl groups is 1. The van der Waals surface area contributed by atoms with E-state index in [-0.39, 0.29) is 17.0 Å². The Labute approximate surface area is 90.5 Å². The van der Waals surface area contributed by atoms with Crippen LogP contribution in [0.1, 0.15) is 17.9 Å². The van der Waals surface area contributed by atoms with Gasteiger partial charge in [-0.25, -0.2) is 0 Å². The van der Waals surface area contributed by atoms with Crippen LogP contribution in [0.25, 0.3) is 0 Å². The molecule has 1 aromatic carbocycles. The van der Waals surface area contributed by atoms with Gasteiger partial charge in [-0.15, -0.1) is 0 Å². The third-order valence-electron chi connectivity index (χ3n) is 2.09. The minimum atomic E-state index is -4.38. The number of benzene rings is 1. The largest absolute Gasteiger partial charge is 0.396 e. The van der Waals surface area contributed by atoms with E-state index in [9.17, 15) is 13.2 Å². The molecule has 1 aromatic rings.